The molecule has 1 atom stereocenters. The van der Waals surface area contributed by atoms with Crippen LogP contribution in [0.4, 0.5) is 4.39 Å². The third-order valence-corrected chi connectivity index (χ3v) is 7.29. The fourth-order valence-electron chi connectivity index (χ4n) is 5.10. The van der Waals surface area contributed by atoms with Crippen molar-refractivity contribution in [3.63, 3.8) is 0 Å². The van der Waals surface area contributed by atoms with Gasteiger partial charge in [-0.15, -0.1) is 0 Å². The van der Waals surface area contributed by atoms with Gasteiger partial charge in [0.2, 0.25) is 0 Å². The van der Waals surface area contributed by atoms with Crippen LogP contribution in [0.3, 0.4) is 0 Å². The highest BCUT2D eigenvalue weighted by atomic mass is 32.1. The molecule has 0 amide bonds. The van der Waals surface area contributed by atoms with E-state index >= 15 is 0 Å². The lowest BCUT2D eigenvalue weighted by Gasteiger charge is -2.50. The SMILES string of the molecule is Fc1ccc(C2(CCNCc3ccsc3)CCOC3(CCCCC3)C2)cc1. The van der Waals surface area contributed by atoms with Gasteiger partial charge >= 0.3 is 0 Å². The second-order valence-corrected chi connectivity index (χ2v) is 9.14. The fraction of sp³-hybridized carbons (Fsp3) is 0.565. The van der Waals surface area contributed by atoms with E-state index in [-0.39, 0.29) is 16.8 Å². The monoisotopic (exact) mass is 387 g/mol. The molecule has 1 spiro atoms. The molecule has 2 heterocycles. The molecule has 1 aromatic carbocycles. The number of benzene rings is 1. The highest BCUT2D eigenvalue weighted by Crippen LogP contribution is 2.49. The summed E-state index contributed by atoms with van der Waals surface area (Å²) in [7, 11) is 0. The lowest BCUT2D eigenvalue weighted by Crippen LogP contribution is -2.49. The summed E-state index contributed by atoms with van der Waals surface area (Å²) in [6, 6.07) is 9.45. The van der Waals surface area contributed by atoms with Crippen LogP contribution < -0.4 is 5.32 Å². The Morgan fingerprint density at radius 1 is 1.04 bits per heavy atom. The number of ether oxygens (including phenoxy) is 1. The Kier molecular flexibility index (Phi) is 5.96. The standard InChI is InChI=1S/C23H30FNOS/c24-21-6-4-20(5-7-21)22(11-13-25-16-19-8-15-27-17-19)12-14-26-23(18-22)9-2-1-3-10-23/h4-8,15,17,25H,1-3,9-14,16,18H2. The molecule has 2 nitrogen and oxygen atoms in total. The van der Waals surface area contributed by atoms with Crippen LogP contribution in [0.2, 0.25) is 0 Å². The van der Waals surface area contributed by atoms with E-state index in [4.69, 9.17) is 4.74 Å². The normalized spacial score (nSPS) is 24.9. The van der Waals surface area contributed by atoms with Gasteiger partial charge in [0, 0.05) is 18.6 Å². The molecule has 146 valence electrons. The Hall–Kier alpha value is -1.23. The van der Waals surface area contributed by atoms with Gasteiger partial charge in [0.05, 0.1) is 5.60 Å². The van der Waals surface area contributed by atoms with Crippen molar-refractivity contribution in [2.24, 2.45) is 0 Å². The predicted molar refractivity (Wildman–Crippen MR) is 110 cm³/mol. The summed E-state index contributed by atoms with van der Waals surface area (Å²) in [5.74, 6) is -0.149. The van der Waals surface area contributed by atoms with Crippen molar-refractivity contribution in [2.45, 2.75) is 68.9 Å². The number of nitrogens with one attached hydrogen (secondary N) is 1. The smallest absolute Gasteiger partial charge is 0.123 e. The average Bonchev–Trinajstić information content (AvgIpc) is 3.20. The predicted octanol–water partition coefficient (Wildman–Crippen LogP) is 5.82. The van der Waals surface area contributed by atoms with Gasteiger partial charge in [0.1, 0.15) is 5.82 Å². The Labute approximate surface area is 166 Å². The van der Waals surface area contributed by atoms with Crippen molar-refractivity contribution >= 4 is 11.3 Å². The summed E-state index contributed by atoms with van der Waals surface area (Å²) >= 11 is 1.75. The first-order valence-corrected chi connectivity index (χ1v) is 11.3. The molecule has 1 unspecified atom stereocenters. The van der Waals surface area contributed by atoms with Crippen LogP contribution in [0.5, 0.6) is 0 Å². The molecule has 2 fully saturated rings. The van der Waals surface area contributed by atoms with E-state index in [0.717, 1.165) is 39.0 Å². The van der Waals surface area contributed by atoms with Gasteiger partial charge in [0.15, 0.2) is 0 Å². The van der Waals surface area contributed by atoms with Gasteiger partial charge < -0.3 is 10.1 Å². The molecule has 1 aromatic heterocycles. The summed E-state index contributed by atoms with van der Waals surface area (Å²) in [6.07, 6.45) is 9.42. The zero-order valence-corrected chi connectivity index (χ0v) is 16.8. The molecule has 2 aromatic rings. The molecule has 1 N–H and O–H groups in total. The minimum absolute atomic E-state index is 0.0399. The fourth-order valence-corrected chi connectivity index (χ4v) is 5.77. The number of halogens is 1. The van der Waals surface area contributed by atoms with Gasteiger partial charge in [-0.3, -0.25) is 0 Å². The van der Waals surface area contributed by atoms with Crippen LogP contribution in [-0.4, -0.2) is 18.8 Å². The van der Waals surface area contributed by atoms with Gasteiger partial charge in [-0.05, 0) is 78.7 Å². The van der Waals surface area contributed by atoms with E-state index in [0.29, 0.717) is 0 Å². The maximum atomic E-state index is 13.6. The quantitative estimate of drug-likeness (QED) is 0.631. The lowest BCUT2D eigenvalue weighted by atomic mass is 9.63. The first kappa shape index (κ1) is 19.1. The Morgan fingerprint density at radius 3 is 2.59 bits per heavy atom. The van der Waals surface area contributed by atoms with Crippen molar-refractivity contribution < 1.29 is 9.13 Å². The molecule has 0 bridgehead atoms. The molecule has 0 radical (unpaired) electrons. The van der Waals surface area contributed by atoms with Crippen molar-refractivity contribution in [3.05, 3.63) is 58.0 Å². The zero-order chi connectivity index (χ0) is 18.6. The van der Waals surface area contributed by atoms with E-state index < -0.39 is 0 Å². The van der Waals surface area contributed by atoms with Gasteiger partial charge in [0.25, 0.3) is 0 Å². The number of thiophene rings is 1. The molecule has 4 heteroatoms. The van der Waals surface area contributed by atoms with Crippen LogP contribution in [0.1, 0.15) is 62.5 Å². The molecule has 4 rings (SSSR count). The topological polar surface area (TPSA) is 21.3 Å². The number of hydrogen-bond donors (Lipinski definition) is 1. The molecule has 1 saturated heterocycles. The molecule has 1 saturated carbocycles. The van der Waals surface area contributed by atoms with Crippen LogP contribution in [0.25, 0.3) is 0 Å². The first-order valence-electron chi connectivity index (χ1n) is 10.3. The van der Waals surface area contributed by atoms with Crippen LogP contribution in [-0.2, 0) is 16.7 Å². The molecule has 1 aliphatic heterocycles. The summed E-state index contributed by atoms with van der Waals surface area (Å²) in [6.45, 7) is 2.72. The minimum atomic E-state index is -0.149. The molecule has 1 aliphatic carbocycles. The number of hydrogen-bond acceptors (Lipinski definition) is 3. The lowest BCUT2D eigenvalue weighted by molar-refractivity contribution is -0.126. The highest BCUT2D eigenvalue weighted by Gasteiger charge is 2.46. The molecule has 27 heavy (non-hydrogen) atoms. The number of rotatable bonds is 6. The van der Waals surface area contributed by atoms with E-state index in [2.05, 4.69) is 22.1 Å². The summed E-state index contributed by atoms with van der Waals surface area (Å²) in [5, 5.41) is 7.95. The Morgan fingerprint density at radius 2 is 1.85 bits per heavy atom. The van der Waals surface area contributed by atoms with Gasteiger partial charge in [-0.1, -0.05) is 31.4 Å². The first-order chi connectivity index (χ1) is 13.2. The van der Waals surface area contributed by atoms with E-state index in [1.807, 2.05) is 12.1 Å². The van der Waals surface area contributed by atoms with Crippen LogP contribution >= 0.6 is 11.3 Å². The summed E-state index contributed by atoms with van der Waals surface area (Å²) < 4.78 is 19.9. The second-order valence-electron chi connectivity index (χ2n) is 8.36. The average molecular weight is 388 g/mol. The third kappa shape index (κ3) is 4.44. The maximum absolute atomic E-state index is 13.6. The maximum Gasteiger partial charge on any atom is 0.123 e. The Balaban J connectivity index is 1.50. The van der Waals surface area contributed by atoms with Crippen molar-refractivity contribution in [2.75, 3.05) is 13.2 Å². The van der Waals surface area contributed by atoms with Gasteiger partial charge in [-0.2, -0.15) is 11.3 Å². The van der Waals surface area contributed by atoms with Crippen molar-refractivity contribution in [1.29, 1.82) is 0 Å². The molecular weight excluding hydrogens is 357 g/mol. The van der Waals surface area contributed by atoms with Crippen LogP contribution in [0, 0.1) is 5.82 Å². The highest BCUT2D eigenvalue weighted by molar-refractivity contribution is 7.07. The van der Waals surface area contributed by atoms with E-state index in [1.165, 1.54) is 43.2 Å². The Bertz CT molecular complexity index is 703. The van der Waals surface area contributed by atoms with E-state index in [9.17, 15) is 4.39 Å². The second kappa shape index (κ2) is 8.42. The summed E-state index contributed by atoms with van der Waals surface area (Å²) in [4.78, 5) is 0. The third-order valence-electron chi connectivity index (χ3n) is 6.56. The summed E-state index contributed by atoms with van der Waals surface area (Å²) in [5.41, 5.74) is 2.77. The van der Waals surface area contributed by atoms with E-state index in [1.54, 1.807) is 23.5 Å². The van der Waals surface area contributed by atoms with Gasteiger partial charge in [-0.25, -0.2) is 4.39 Å². The van der Waals surface area contributed by atoms with Crippen LogP contribution in [0.15, 0.2) is 41.1 Å². The largest absolute Gasteiger partial charge is 0.375 e. The zero-order valence-electron chi connectivity index (χ0n) is 16.0. The van der Waals surface area contributed by atoms with Crippen molar-refractivity contribution in [1.82, 2.24) is 5.32 Å². The molecular formula is C23H30FNOS. The minimum Gasteiger partial charge on any atom is -0.375 e. The van der Waals surface area contributed by atoms with Crippen molar-refractivity contribution in [3.8, 4) is 0 Å². The molecule has 2 aliphatic rings.